The predicted octanol–water partition coefficient (Wildman–Crippen LogP) is 5.75. The summed E-state index contributed by atoms with van der Waals surface area (Å²) in [6, 6.07) is 24.0. The second kappa shape index (κ2) is 19.7. The first-order valence-corrected chi connectivity index (χ1v) is 21.9. The van der Waals surface area contributed by atoms with Crippen LogP contribution in [0.3, 0.4) is 0 Å². The number of benzene rings is 3. The molecule has 1 saturated carbocycles. The largest absolute Gasteiger partial charge is 0.453 e. The van der Waals surface area contributed by atoms with Crippen LogP contribution in [0.25, 0.3) is 11.3 Å². The summed E-state index contributed by atoms with van der Waals surface area (Å²) in [7, 11) is 1.28. The maximum Gasteiger partial charge on any atom is 0.407 e. The Labute approximate surface area is 361 Å². The molecule has 4 aromatic rings. The van der Waals surface area contributed by atoms with Crippen molar-refractivity contribution in [1.82, 2.24) is 40.6 Å². The molecular weight excluding hydrogens is 789 g/mol. The molecule has 0 unspecified atom stereocenters. The fraction of sp³-hybridized carbons (Fsp3) is 0.447. The van der Waals surface area contributed by atoms with Gasteiger partial charge in [-0.2, -0.15) is 0 Å². The molecule has 15 nitrogen and oxygen atoms in total. The Kier molecular flexibility index (Phi) is 13.5. The number of aromatic amines is 1. The van der Waals surface area contributed by atoms with Crippen LogP contribution in [-0.2, 0) is 23.9 Å². The second-order valence-corrected chi connectivity index (χ2v) is 16.6. The van der Waals surface area contributed by atoms with Crippen molar-refractivity contribution >= 4 is 29.8 Å². The topological polar surface area (TPSA) is 178 Å². The van der Waals surface area contributed by atoms with Crippen molar-refractivity contribution in [2.75, 3.05) is 46.5 Å². The number of hydrogen-bond donors (Lipinski definition) is 4. The van der Waals surface area contributed by atoms with Crippen LogP contribution in [0.15, 0.2) is 91.1 Å². The number of urea groups is 1. The van der Waals surface area contributed by atoms with Crippen molar-refractivity contribution in [2.24, 2.45) is 0 Å². The van der Waals surface area contributed by atoms with E-state index in [2.05, 4.69) is 45.2 Å². The van der Waals surface area contributed by atoms with E-state index in [0.29, 0.717) is 68.7 Å². The highest BCUT2D eigenvalue weighted by atomic mass is 16.5. The highest BCUT2D eigenvalue weighted by Crippen LogP contribution is 2.36. The number of carbonyl (C=O) groups excluding carboxylic acids is 5. The molecule has 0 radical (unpaired) electrons. The number of methoxy groups -OCH3 is 1. The normalized spacial score (nSPS) is 22.4. The summed E-state index contributed by atoms with van der Waals surface area (Å²) in [5.74, 6) is 0.446. The van der Waals surface area contributed by atoms with Crippen molar-refractivity contribution in [2.45, 2.75) is 87.5 Å². The van der Waals surface area contributed by atoms with Crippen LogP contribution in [0, 0.1) is 0 Å². The maximum atomic E-state index is 14.1. The molecule has 15 heteroatoms. The van der Waals surface area contributed by atoms with E-state index in [1.54, 1.807) is 14.7 Å². The van der Waals surface area contributed by atoms with Gasteiger partial charge in [-0.25, -0.2) is 14.6 Å². The van der Waals surface area contributed by atoms with Crippen LogP contribution in [0.4, 0.5) is 9.59 Å². The minimum atomic E-state index is -0.901. The lowest BCUT2D eigenvalue weighted by atomic mass is 9.81. The van der Waals surface area contributed by atoms with E-state index < -0.39 is 24.2 Å². The van der Waals surface area contributed by atoms with Crippen molar-refractivity contribution in [3.63, 3.8) is 0 Å². The number of carbonyl (C=O) groups is 5. The Balaban J connectivity index is 0.851. The number of H-pyrrole nitrogens is 1. The Morgan fingerprint density at radius 1 is 0.726 bits per heavy atom. The van der Waals surface area contributed by atoms with Crippen LogP contribution >= 0.6 is 0 Å². The summed E-state index contributed by atoms with van der Waals surface area (Å²) in [6.07, 6.45) is 7.53. The molecule has 3 aliphatic heterocycles. The molecule has 326 valence electrons. The van der Waals surface area contributed by atoms with E-state index in [0.717, 1.165) is 56.2 Å². The molecule has 3 aromatic carbocycles. The molecule has 62 heavy (non-hydrogen) atoms. The van der Waals surface area contributed by atoms with Crippen molar-refractivity contribution < 1.29 is 33.4 Å². The molecule has 0 spiro atoms. The first-order chi connectivity index (χ1) is 30.3. The number of nitrogens with zero attached hydrogens (tertiary/aromatic N) is 4. The monoisotopic (exact) mass is 844 g/mol. The van der Waals surface area contributed by atoms with E-state index in [4.69, 9.17) is 14.5 Å². The zero-order valence-corrected chi connectivity index (χ0v) is 35.2. The summed E-state index contributed by atoms with van der Waals surface area (Å²) in [5, 5.41) is 8.96. The van der Waals surface area contributed by atoms with Gasteiger partial charge in [0.15, 0.2) is 0 Å². The first kappa shape index (κ1) is 42.5. The van der Waals surface area contributed by atoms with E-state index in [9.17, 15) is 24.0 Å². The standard InChI is InChI=1S/C47H56N8O7/c1-61-47(60)52-41(35-12-6-3-7-13-35)45(58)54-24-8-14-38(54)42-48-30-37(50-42)33-18-16-31(17-19-33)32-20-22-36(23-21-32)49-43(56)39-15-9-25-55(39)44(57)40(34-10-4-2-5-11-34)51-46(59)53-26-28-62-29-27-53/h2-7,10-13,16-19,30,32,36,38-41H,8-9,14-15,20-29H2,1H3,(H,48,50)(H,49,56)(H,51,59)(H,52,60)/t32-,36-,38-,39-,40+,41+/m0/s1. The van der Waals surface area contributed by atoms with Gasteiger partial charge >= 0.3 is 12.1 Å². The van der Waals surface area contributed by atoms with Gasteiger partial charge in [-0.05, 0) is 79.5 Å². The quantitative estimate of drug-likeness (QED) is 0.147. The van der Waals surface area contributed by atoms with Crippen molar-refractivity contribution in [3.8, 4) is 11.3 Å². The number of imidazole rings is 1. The van der Waals surface area contributed by atoms with Gasteiger partial charge in [0.2, 0.25) is 5.91 Å². The highest BCUT2D eigenvalue weighted by molar-refractivity contribution is 5.93. The number of ether oxygens (including phenoxy) is 2. The van der Waals surface area contributed by atoms with Gasteiger partial charge in [-0.15, -0.1) is 0 Å². The lowest BCUT2D eigenvalue weighted by Crippen LogP contribution is -2.54. The Bertz CT molecular complexity index is 2170. The third kappa shape index (κ3) is 9.62. The van der Waals surface area contributed by atoms with Crippen LogP contribution in [0.5, 0.6) is 0 Å². The van der Waals surface area contributed by atoms with Crippen molar-refractivity contribution in [1.29, 1.82) is 0 Å². The summed E-state index contributed by atoms with van der Waals surface area (Å²) in [4.78, 5) is 80.6. The third-order valence-electron chi connectivity index (χ3n) is 12.8. The number of alkyl carbamates (subject to hydrolysis) is 1. The Morgan fingerprint density at radius 3 is 2.00 bits per heavy atom. The maximum absolute atomic E-state index is 14.1. The molecule has 4 aliphatic rings. The van der Waals surface area contributed by atoms with Gasteiger partial charge in [0, 0.05) is 32.2 Å². The number of likely N-dealkylation sites (tertiary alicyclic amines) is 2. The average Bonchev–Trinajstić information content (AvgIpc) is 4.13. The molecule has 1 aliphatic carbocycles. The highest BCUT2D eigenvalue weighted by Gasteiger charge is 2.40. The van der Waals surface area contributed by atoms with E-state index >= 15 is 0 Å². The zero-order chi connectivity index (χ0) is 43.0. The second-order valence-electron chi connectivity index (χ2n) is 16.6. The third-order valence-corrected chi connectivity index (χ3v) is 12.8. The molecule has 6 amide bonds. The number of hydrogen-bond acceptors (Lipinski definition) is 8. The molecule has 3 saturated heterocycles. The van der Waals surface area contributed by atoms with Crippen LogP contribution < -0.4 is 16.0 Å². The number of amides is 6. The summed E-state index contributed by atoms with van der Waals surface area (Å²) >= 11 is 0. The molecule has 4 N–H and O–H groups in total. The van der Waals surface area contributed by atoms with Gasteiger partial charge in [0.1, 0.15) is 23.9 Å². The molecule has 4 fully saturated rings. The van der Waals surface area contributed by atoms with Crippen molar-refractivity contribution in [3.05, 3.63) is 114 Å². The number of nitrogens with one attached hydrogen (secondary N) is 4. The molecule has 4 heterocycles. The van der Waals surface area contributed by atoms with Crippen LogP contribution in [0.2, 0.25) is 0 Å². The molecule has 1 aromatic heterocycles. The Morgan fingerprint density at radius 2 is 1.34 bits per heavy atom. The molecule has 0 bridgehead atoms. The minimum absolute atomic E-state index is 0.0196. The van der Waals surface area contributed by atoms with E-state index in [-0.39, 0.29) is 35.8 Å². The fourth-order valence-electron chi connectivity index (χ4n) is 9.43. The van der Waals surface area contributed by atoms with Crippen LogP contribution in [-0.4, -0.2) is 113 Å². The fourth-order valence-corrected chi connectivity index (χ4v) is 9.43. The lowest BCUT2D eigenvalue weighted by molar-refractivity contribution is -0.140. The van der Waals surface area contributed by atoms with E-state index in [1.165, 1.54) is 12.7 Å². The molecular formula is C47H56N8O7. The SMILES string of the molecule is COC(=O)N[C@@H](C(=O)N1CCC[C@H]1c1ncc(-c2ccc([C@H]3CC[C@H](NC(=O)[C@@H]4CCCN4C(=O)[C@H](NC(=O)N4CCOCC4)c4ccccc4)CC3)cc2)[nH]1)c1ccccc1. The van der Waals surface area contributed by atoms with Gasteiger partial charge in [-0.3, -0.25) is 14.4 Å². The number of rotatable bonds is 11. The minimum Gasteiger partial charge on any atom is -0.453 e. The van der Waals surface area contributed by atoms with E-state index in [1.807, 2.05) is 66.9 Å². The van der Waals surface area contributed by atoms with Gasteiger partial charge in [0.25, 0.3) is 11.8 Å². The van der Waals surface area contributed by atoms with Crippen LogP contribution in [0.1, 0.15) is 97.9 Å². The van der Waals surface area contributed by atoms with Gasteiger partial charge < -0.3 is 45.1 Å². The zero-order valence-electron chi connectivity index (χ0n) is 35.2. The average molecular weight is 845 g/mol. The lowest BCUT2D eigenvalue weighted by Gasteiger charge is -2.33. The summed E-state index contributed by atoms with van der Waals surface area (Å²) in [6.45, 7) is 2.84. The van der Waals surface area contributed by atoms with Gasteiger partial charge in [0.05, 0.1) is 38.3 Å². The molecule has 8 rings (SSSR count). The summed E-state index contributed by atoms with van der Waals surface area (Å²) in [5.41, 5.74) is 4.45. The van der Waals surface area contributed by atoms with Gasteiger partial charge in [-0.1, -0.05) is 84.9 Å². The first-order valence-electron chi connectivity index (χ1n) is 21.9. The predicted molar refractivity (Wildman–Crippen MR) is 230 cm³/mol. The Hall–Kier alpha value is -6.22. The number of aromatic nitrogens is 2. The molecule has 4 atom stereocenters. The smallest absolute Gasteiger partial charge is 0.407 e. The summed E-state index contributed by atoms with van der Waals surface area (Å²) < 4.78 is 10.2. The number of morpholine rings is 1.